The van der Waals surface area contributed by atoms with Gasteiger partial charge in [-0.2, -0.15) is 0 Å². The van der Waals surface area contributed by atoms with Crippen molar-refractivity contribution in [3.8, 4) is 28.5 Å². The minimum atomic E-state index is -0.970. The van der Waals surface area contributed by atoms with Crippen molar-refractivity contribution in [2.75, 3.05) is 6.61 Å². The number of carbonyl (C=O) groups excluding carboxylic acids is 1. The Hall–Kier alpha value is -1.79. The summed E-state index contributed by atoms with van der Waals surface area (Å²) < 4.78 is 11.4. The van der Waals surface area contributed by atoms with Crippen LogP contribution < -0.4 is 39.4 Å². The van der Waals surface area contributed by atoms with Crippen molar-refractivity contribution in [1.29, 1.82) is 0 Å². The molecule has 0 aliphatic rings. The predicted molar refractivity (Wildman–Crippen MR) is 111 cm³/mol. The quantitative estimate of drug-likeness (QED) is 0.341. The Bertz CT molecular complexity index is 910. The third-order valence-corrected chi connectivity index (χ3v) is 4.79. The average molecular weight is 436 g/mol. The van der Waals surface area contributed by atoms with E-state index in [1.807, 2.05) is 48.5 Å². The van der Waals surface area contributed by atoms with Gasteiger partial charge in [-0.1, -0.05) is 43.0 Å². The summed E-state index contributed by atoms with van der Waals surface area (Å²) in [5, 5.41) is 11.0. The van der Waals surface area contributed by atoms with Crippen molar-refractivity contribution in [2.45, 2.75) is 38.5 Å². The van der Waals surface area contributed by atoms with Crippen LogP contribution >= 0.6 is 11.6 Å². The zero-order valence-electron chi connectivity index (χ0n) is 17.1. The topological polar surface area (TPSA) is 75.4 Å². The smallest absolute Gasteiger partial charge is 0.550 e. The third kappa shape index (κ3) is 7.80. The van der Waals surface area contributed by atoms with Crippen molar-refractivity contribution >= 4 is 17.6 Å². The summed E-state index contributed by atoms with van der Waals surface area (Å²) in [7, 11) is 0. The van der Waals surface area contributed by atoms with E-state index in [0.29, 0.717) is 23.9 Å². The first kappa shape index (κ1) is 24.5. The van der Waals surface area contributed by atoms with Gasteiger partial charge in [0.2, 0.25) is 5.89 Å². The zero-order chi connectivity index (χ0) is 20.5. The Morgan fingerprint density at radius 1 is 0.933 bits per heavy atom. The van der Waals surface area contributed by atoms with E-state index in [1.54, 1.807) is 6.26 Å². The van der Waals surface area contributed by atoms with Crippen molar-refractivity contribution < 1.29 is 48.6 Å². The van der Waals surface area contributed by atoms with Crippen molar-refractivity contribution in [2.24, 2.45) is 0 Å². The number of benzene rings is 2. The van der Waals surface area contributed by atoms with Gasteiger partial charge in [0.25, 0.3) is 0 Å². The average Bonchev–Trinajstić information content (AvgIpc) is 3.21. The zero-order valence-corrected chi connectivity index (χ0v) is 19.9. The number of ether oxygens (including phenoxy) is 1. The molecule has 0 saturated heterocycles. The normalized spacial score (nSPS) is 10.4. The monoisotopic (exact) mass is 435 g/mol. The molecule has 0 aliphatic heterocycles. The number of nitrogens with zero attached hydrogens (tertiary/aromatic N) is 1. The van der Waals surface area contributed by atoms with E-state index in [9.17, 15) is 9.90 Å². The summed E-state index contributed by atoms with van der Waals surface area (Å²) in [6.07, 6.45) is 6.36. The molecular weight excluding hydrogens is 413 g/mol. The number of hydrogen-bond donors (Lipinski definition) is 0. The van der Waals surface area contributed by atoms with Crippen LogP contribution in [-0.4, -0.2) is 17.6 Å². The molecule has 0 atom stereocenters. The van der Waals surface area contributed by atoms with Gasteiger partial charge in [0.05, 0.1) is 6.61 Å². The SMILES string of the molecule is O=C([O-])CCCCCCCOc1ccc(-c2nc(-c3ccc(Cl)cc3)co2)cc1.[Na+]. The van der Waals surface area contributed by atoms with Crippen LogP contribution in [0.15, 0.2) is 59.2 Å². The van der Waals surface area contributed by atoms with Crippen LogP contribution in [0.5, 0.6) is 5.75 Å². The van der Waals surface area contributed by atoms with E-state index in [0.717, 1.165) is 48.3 Å². The molecule has 7 heteroatoms. The second kappa shape index (κ2) is 12.8. The molecule has 1 heterocycles. The van der Waals surface area contributed by atoms with Gasteiger partial charge in [-0.3, -0.25) is 0 Å². The minimum absolute atomic E-state index is 0. The van der Waals surface area contributed by atoms with Gasteiger partial charge in [-0.25, -0.2) is 4.98 Å². The second-order valence-electron chi connectivity index (χ2n) is 6.81. The summed E-state index contributed by atoms with van der Waals surface area (Å²) in [4.78, 5) is 14.9. The summed E-state index contributed by atoms with van der Waals surface area (Å²) >= 11 is 5.92. The number of hydrogen-bond acceptors (Lipinski definition) is 5. The van der Waals surface area contributed by atoms with Crippen LogP contribution in [-0.2, 0) is 4.79 Å². The van der Waals surface area contributed by atoms with Gasteiger partial charge in [0.15, 0.2) is 0 Å². The fraction of sp³-hybridized carbons (Fsp3) is 0.304. The molecule has 0 amide bonds. The Kier molecular flexibility index (Phi) is 10.4. The Labute approximate surface area is 203 Å². The standard InChI is InChI=1S/C23H24ClNO4.Na/c24-19-11-7-17(8-12-19)21-16-29-23(25-21)18-9-13-20(14-10-18)28-15-5-3-1-2-4-6-22(26)27;/h7-14,16H,1-6,15H2,(H,26,27);/q;+1/p-1. The maximum atomic E-state index is 10.3. The molecule has 5 nitrogen and oxygen atoms in total. The molecule has 152 valence electrons. The van der Waals surface area contributed by atoms with Crippen molar-refractivity contribution in [1.82, 2.24) is 4.98 Å². The molecule has 0 aliphatic carbocycles. The first-order valence-corrected chi connectivity index (χ1v) is 10.1. The Balaban J connectivity index is 0.00000320. The van der Waals surface area contributed by atoms with Crippen LogP contribution in [0.2, 0.25) is 5.02 Å². The van der Waals surface area contributed by atoms with Crippen LogP contribution in [0.1, 0.15) is 38.5 Å². The van der Waals surface area contributed by atoms with Crippen molar-refractivity contribution in [3.63, 3.8) is 0 Å². The van der Waals surface area contributed by atoms with Crippen LogP contribution in [0, 0.1) is 0 Å². The molecule has 0 saturated carbocycles. The number of rotatable bonds is 11. The third-order valence-electron chi connectivity index (χ3n) is 4.54. The summed E-state index contributed by atoms with van der Waals surface area (Å²) in [6, 6.07) is 15.1. The number of carboxylic acid groups (broad SMARTS) is 1. The number of unbranched alkanes of at least 4 members (excludes halogenated alkanes) is 4. The van der Waals surface area contributed by atoms with E-state index >= 15 is 0 Å². The predicted octanol–water partition coefficient (Wildman–Crippen LogP) is 2.14. The minimum Gasteiger partial charge on any atom is -0.550 e. The number of aromatic nitrogens is 1. The van der Waals surface area contributed by atoms with Crippen molar-refractivity contribution in [3.05, 3.63) is 59.8 Å². The van der Waals surface area contributed by atoms with Gasteiger partial charge < -0.3 is 19.1 Å². The first-order chi connectivity index (χ1) is 14.1. The molecule has 0 spiro atoms. The summed E-state index contributed by atoms with van der Waals surface area (Å²) in [5.41, 5.74) is 2.59. The number of carboxylic acids is 1. The molecule has 3 rings (SSSR count). The van der Waals surface area contributed by atoms with E-state index < -0.39 is 5.97 Å². The Morgan fingerprint density at radius 2 is 1.57 bits per heavy atom. The molecule has 0 radical (unpaired) electrons. The fourth-order valence-electron chi connectivity index (χ4n) is 2.95. The number of halogens is 1. The molecule has 0 bridgehead atoms. The molecular formula is C23H23ClNNaO4. The second-order valence-corrected chi connectivity index (χ2v) is 7.24. The van der Waals surface area contributed by atoms with E-state index in [1.165, 1.54) is 0 Å². The van der Waals surface area contributed by atoms with Gasteiger partial charge in [0.1, 0.15) is 17.7 Å². The van der Waals surface area contributed by atoms with Crippen LogP contribution in [0.4, 0.5) is 0 Å². The van der Waals surface area contributed by atoms with E-state index in [2.05, 4.69) is 4.98 Å². The maximum Gasteiger partial charge on any atom is 1.00 e. The Morgan fingerprint density at radius 3 is 2.27 bits per heavy atom. The van der Waals surface area contributed by atoms with E-state index in [-0.39, 0.29) is 36.0 Å². The van der Waals surface area contributed by atoms with Gasteiger partial charge in [-0.05, 0) is 55.7 Å². The van der Waals surface area contributed by atoms with Crippen LogP contribution in [0.25, 0.3) is 22.7 Å². The molecule has 30 heavy (non-hydrogen) atoms. The maximum absolute atomic E-state index is 10.3. The number of aliphatic carboxylic acids is 1. The fourth-order valence-corrected chi connectivity index (χ4v) is 3.07. The number of carbonyl (C=O) groups is 1. The van der Waals surface area contributed by atoms with Crippen LogP contribution in [0.3, 0.4) is 0 Å². The van der Waals surface area contributed by atoms with Gasteiger partial charge in [-0.15, -0.1) is 0 Å². The molecule has 0 unspecified atom stereocenters. The molecule has 0 fully saturated rings. The molecule has 2 aromatic carbocycles. The first-order valence-electron chi connectivity index (χ1n) is 9.76. The molecule has 0 N–H and O–H groups in total. The van der Waals surface area contributed by atoms with Gasteiger partial charge in [0, 0.05) is 22.1 Å². The summed E-state index contributed by atoms with van der Waals surface area (Å²) in [5.74, 6) is 0.385. The summed E-state index contributed by atoms with van der Waals surface area (Å²) in [6.45, 7) is 0.638. The molecule has 3 aromatic rings. The largest absolute Gasteiger partial charge is 1.00 e. The van der Waals surface area contributed by atoms with E-state index in [4.69, 9.17) is 20.8 Å². The van der Waals surface area contributed by atoms with Gasteiger partial charge >= 0.3 is 29.6 Å². The molecule has 1 aromatic heterocycles. The number of oxazole rings is 1.